The number of hydrogen-bond donors (Lipinski definition) is 1. The third-order valence-corrected chi connectivity index (χ3v) is 3.09. The second-order valence-corrected chi connectivity index (χ2v) is 4.51. The summed E-state index contributed by atoms with van der Waals surface area (Å²) < 4.78 is 12.9. The van der Waals surface area contributed by atoms with Crippen molar-refractivity contribution in [2.75, 3.05) is 11.9 Å². The van der Waals surface area contributed by atoms with E-state index in [1.807, 2.05) is 19.1 Å². The molecule has 0 atom stereocenters. The average molecular weight is 265 g/mol. The second kappa shape index (κ2) is 5.83. The SMILES string of the molecule is Cc1cc(F)ccc1CCNc1ccncc1Cl. The number of aryl methyl sites for hydroxylation is 1. The Morgan fingerprint density at radius 2 is 2.17 bits per heavy atom. The van der Waals surface area contributed by atoms with E-state index in [4.69, 9.17) is 11.6 Å². The lowest BCUT2D eigenvalue weighted by molar-refractivity contribution is 0.625. The molecule has 18 heavy (non-hydrogen) atoms. The number of anilines is 1. The van der Waals surface area contributed by atoms with Gasteiger partial charge in [0.15, 0.2) is 0 Å². The lowest BCUT2D eigenvalue weighted by Crippen LogP contribution is -2.06. The first-order chi connectivity index (χ1) is 8.66. The van der Waals surface area contributed by atoms with Gasteiger partial charge in [-0.15, -0.1) is 0 Å². The number of aromatic nitrogens is 1. The van der Waals surface area contributed by atoms with Crippen LogP contribution < -0.4 is 5.32 Å². The van der Waals surface area contributed by atoms with Crippen molar-refractivity contribution >= 4 is 17.3 Å². The molecule has 0 spiro atoms. The first kappa shape index (κ1) is 12.8. The van der Waals surface area contributed by atoms with Crippen molar-refractivity contribution in [2.24, 2.45) is 0 Å². The number of halogens is 2. The lowest BCUT2D eigenvalue weighted by atomic mass is 10.1. The zero-order valence-corrected chi connectivity index (χ0v) is 10.8. The van der Waals surface area contributed by atoms with Crippen LogP contribution in [0.4, 0.5) is 10.1 Å². The molecule has 2 nitrogen and oxygen atoms in total. The van der Waals surface area contributed by atoms with Crippen molar-refractivity contribution in [3.63, 3.8) is 0 Å². The van der Waals surface area contributed by atoms with E-state index in [-0.39, 0.29) is 5.82 Å². The minimum Gasteiger partial charge on any atom is -0.383 e. The van der Waals surface area contributed by atoms with Crippen LogP contribution in [-0.2, 0) is 6.42 Å². The van der Waals surface area contributed by atoms with E-state index in [0.29, 0.717) is 5.02 Å². The lowest BCUT2D eigenvalue weighted by Gasteiger charge is -2.09. The molecular weight excluding hydrogens is 251 g/mol. The van der Waals surface area contributed by atoms with Gasteiger partial charge >= 0.3 is 0 Å². The van der Waals surface area contributed by atoms with E-state index in [1.54, 1.807) is 18.5 Å². The third-order valence-electron chi connectivity index (χ3n) is 2.79. The van der Waals surface area contributed by atoms with Gasteiger partial charge in [-0.3, -0.25) is 4.98 Å². The fourth-order valence-corrected chi connectivity index (χ4v) is 1.98. The first-order valence-electron chi connectivity index (χ1n) is 5.75. The van der Waals surface area contributed by atoms with E-state index >= 15 is 0 Å². The van der Waals surface area contributed by atoms with Crippen molar-refractivity contribution < 1.29 is 4.39 Å². The van der Waals surface area contributed by atoms with Gasteiger partial charge in [0.25, 0.3) is 0 Å². The monoisotopic (exact) mass is 264 g/mol. The quantitative estimate of drug-likeness (QED) is 0.908. The molecule has 0 fully saturated rings. The van der Waals surface area contributed by atoms with Gasteiger partial charge in [0.1, 0.15) is 5.82 Å². The minimum absolute atomic E-state index is 0.193. The molecule has 0 radical (unpaired) electrons. The molecule has 0 saturated heterocycles. The molecule has 1 N–H and O–H groups in total. The molecule has 1 aromatic carbocycles. The van der Waals surface area contributed by atoms with E-state index in [1.165, 1.54) is 6.07 Å². The van der Waals surface area contributed by atoms with Crippen LogP contribution in [0.3, 0.4) is 0 Å². The molecule has 1 aromatic heterocycles. The van der Waals surface area contributed by atoms with Gasteiger partial charge in [-0.1, -0.05) is 17.7 Å². The van der Waals surface area contributed by atoms with Crippen LogP contribution in [0, 0.1) is 12.7 Å². The van der Waals surface area contributed by atoms with E-state index in [0.717, 1.165) is 29.8 Å². The van der Waals surface area contributed by atoms with Crippen molar-refractivity contribution in [2.45, 2.75) is 13.3 Å². The molecule has 0 aliphatic heterocycles. The molecule has 0 aliphatic carbocycles. The summed E-state index contributed by atoms with van der Waals surface area (Å²) in [6.45, 7) is 2.66. The van der Waals surface area contributed by atoms with Gasteiger partial charge in [-0.25, -0.2) is 4.39 Å². The second-order valence-electron chi connectivity index (χ2n) is 4.10. The predicted octanol–water partition coefficient (Wildman–Crippen LogP) is 3.84. The highest BCUT2D eigenvalue weighted by molar-refractivity contribution is 6.33. The smallest absolute Gasteiger partial charge is 0.123 e. The molecule has 0 unspecified atom stereocenters. The van der Waals surface area contributed by atoms with Crippen molar-refractivity contribution in [1.29, 1.82) is 0 Å². The fraction of sp³-hybridized carbons (Fsp3) is 0.214. The molecule has 0 amide bonds. The van der Waals surface area contributed by atoms with Gasteiger partial charge in [0.2, 0.25) is 0 Å². The maximum atomic E-state index is 12.9. The highest BCUT2D eigenvalue weighted by Crippen LogP contribution is 2.19. The predicted molar refractivity (Wildman–Crippen MR) is 72.6 cm³/mol. The van der Waals surface area contributed by atoms with Crippen LogP contribution in [0.25, 0.3) is 0 Å². The van der Waals surface area contributed by atoms with Crippen LogP contribution in [0.5, 0.6) is 0 Å². The topological polar surface area (TPSA) is 24.9 Å². The Kier molecular flexibility index (Phi) is 4.15. The standard InChI is InChI=1S/C14H14ClFN2/c1-10-8-12(16)3-2-11(10)4-7-18-14-5-6-17-9-13(14)15/h2-3,5-6,8-9H,4,7H2,1H3,(H,17,18). The highest BCUT2D eigenvalue weighted by Gasteiger charge is 2.01. The maximum Gasteiger partial charge on any atom is 0.123 e. The Morgan fingerprint density at radius 1 is 1.33 bits per heavy atom. The van der Waals surface area contributed by atoms with E-state index in [2.05, 4.69) is 10.3 Å². The molecular formula is C14H14ClFN2. The Labute approximate surface area is 111 Å². The number of nitrogens with zero attached hydrogens (tertiary/aromatic N) is 1. The molecule has 2 rings (SSSR count). The average Bonchev–Trinajstić information content (AvgIpc) is 2.34. The number of hydrogen-bond acceptors (Lipinski definition) is 2. The van der Waals surface area contributed by atoms with E-state index < -0.39 is 0 Å². The molecule has 0 saturated carbocycles. The van der Waals surface area contributed by atoms with Gasteiger partial charge in [-0.05, 0) is 42.7 Å². The Bertz CT molecular complexity index is 543. The van der Waals surface area contributed by atoms with Crippen molar-refractivity contribution in [1.82, 2.24) is 4.98 Å². The summed E-state index contributed by atoms with van der Waals surface area (Å²) in [5, 5.41) is 3.84. The summed E-state index contributed by atoms with van der Waals surface area (Å²) in [6.07, 6.45) is 4.12. The molecule has 0 bridgehead atoms. The first-order valence-corrected chi connectivity index (χ1v) is 6.13. The van der Waals surface area contributed by atoms with Crippen LogP contribution in [-0.4, -0.2) is 11.5 Å². The van der Waals surface area contributed by atoms with Gasteiger partial charge < -0.3 is 5.32 Å². The maximum absolute atomic E-state index is 12.9. The Hall–Kier alpha value is -1.61. The molecule has 1 heterocycles. The van der Waals surface area contributed by atoms with Crippen LogP contribution in [0.2, 0.25) is 5.02 Å². The third kappa shape index (κ3) is 3.20. The molecule has 2 aromatic rings. The highest BCUT2D eigenvalue weighted by atomic mass is 35.5. The van der Waals surface area contributed by atoms with Crippen LogP contribution in [0.1, 0.15) is 11.1 Å². The number of pyridine rings is 1. The molecule has 94 valence electrons. The Morgan fingerprint density at radius 3 is 2.89 bits per heavy atom. The number of rotatable bonds is 4. The summed E-state index contributed by atoms with van der Waals surface area (Å²) in [6, 6.07) is 6.69. The van der Waals surface area contributed by atoms with Crippen molar-refractivity contribution in [3.05, 3.63) is 58.6 Å². The zero-order valence-electron chi connectivity index (χ0n) is 10.1. The largest absolute Gasteiger partial charge is 0.383 e. The van der Waals surface area contributed by atoms with Crippen LogP contribution >= 0.6 is 11.6 Å². The molecule has 4 heteroatoms. The number of nitrogens with one attached hydrogen (secondary N) is 1. The van der Waals surface area contributed by atoms with E-state index in [9.17, 15) is 4.39 Å². The zero-order chi connectivity index (χ0) is 13.0. The summed E-state index contributed by atoms with van der Waals surface area (Å²) in [4.78, 5) is 3.92. The Balaban J connectivity index is 1.95. The van der Waals surface area contributed by atoms with Gasteiger partial charge in [-0.2, -0.15) is 0 Å². The van der Waals surface area contributed by atoms with Crippen molar-refractivity contribution in [3.8, 4) is 0 Å². The minimum atomic E-state index is -0.193. The summed E-state index contributed by atoms with van der Waals surface area (Å²) in [7, 11) is 0. The summed E-state index contributed by atoms with van der Waals surface area (Å²) in [5.41, 5.74) is 2.97. The molecule has 0 aliphatic rings. The normalized spacial score (nSPS) is 10.4. The van der Waals surface area contributed by atoms with Crippen LogP contribution in [0.15, 0.2) is 36.7 Å². The number of benzene rings is 1. The van der Waals surface area contributed by atoms with Gasteiger partial charge in [0, 0.05) is 18.9 Å². The van der Waals surface area contributed by atoms with Gasteiger partial charge in [0.05, 0.1) is 10.7 Å². The fourth-order valence-electron chi connectivity index (χ4n) is 1.79. The summed E-state index contributed by atoms with van der Waals surface area (Å²) in [5.74, 6) is -0.193. The summed E-state index contributed by atoms with van der Waals surface area (Å²) >= 11 is 5.98.